The Morgan fingerprint density at radius 3 is 2.95 bits per heavy atom. The lowest BCUT2D eigenvalue weighted by Gasteiger charge is -2.34. The van der Waals surface area contributed by atoms with E-state index < -0.39 is 0 Å². The molecule has 4 rings (SSSR count). The number of hydrogen-bond acceptors (Lipinski definition) is 2. The van der Waals surface area contributed by atoms with E-state index in [2.05, 4.69) is 47.0 Å². The summed E-state index contributed by atoms with van der Waals surface area (Å²) >= 11 is 0. The van der Waals surface area contributed by atoms with Crippen molar-refractivity contribution in [2.45, 2.75) is 32.4 Å². The monoisotopic (exact) mass is 269 g/mol. The first-order valence-corrected chi connectivity index (χ1v) is 7.77. The van der Waals surface area contributed by atoms with Crippen molar-refractivity contribution < 1.29 is 0 Å². The fourth-order valence-electron chi connectivity index (χ4n) is 3.94. The van der Waals surface area contributed by atoms with Crippen LogP contribution in [0.2, 0.25) is 0 Å². The van der Waals surface area contributed by atoms with Crippen LogP contribution < -0.4 is 5.32 Å². The van der Waals surface area contributed by atoms with Gasteiger partial charge in [0.25, 0.3) is 0 Å². The number of nitrogens with one attached hydrogen (secondary N) is 1. The van der Waals surface area contributed by atoms with Gasteiger partial charge in [-0.25, -0.2) is 0 Å². The zero-order chi connectivity index (χ0) is 13.7. The first kappa shape index (κ1) is 12.4. The second-order valence-electron chi connectivity index (χ2n) is 6.36. The summed E-state index contributed by atoms with van der Waals surface area (Å²) in [6, 6.07) is 7.77. The second-order valence-corrected chi connectivity index (χ2v) is 6.36. The topological polar surface area (TPSA) is 20.2 Å². The molecular formula is C17H23N3. The highest BCUT2D eigenvalue weighted by atomic mass is 15.2. The third-order valence-corrected chi connectivity index (χ3v) is 5.02. The summed E-state index contributed by atoms with van der Waals surface area (Å²) in [7, 11) is 2.25. The van der Waals surface area contributed by atoms with Gasteiger partial charge < -0.3 is 9.88 Å². The molecule has 1 atom stereocenters. The van der Waals surface area contributed by atoms with Gasteiger partial charge in [0.05, 0.1) is 5.52 Å². The molecule has 3 heteroatoms. The van der Waals surface area contributed by atoms with Crippen molar-refractivity contribution in [3.05, 3.63) is 35.0 Å². The van der Waals surface area contributed by atoms with E-state index >= 15 is 0 Å². The summed E-state index contributed by atoms with van der Waals surface area (Å²) in [6.07, 6.45) is 2.51. The zero-order valence-corrected chi connectivity index (χ0v) is 12.4. The molecule has 20 heavy (non-hydrogen) atoms. The fourth-order valence-corrected chi connectivity index (χ4v) is 3.94. The number of benzene rings is 1. The summed E-state index contributed by atoms with van der Waals surface area (Å²) in [4.78, 5) is 2.48. The molecule has 0 radical (unpaired) electrons. The maximum atomic E-state index is 3.53. The molecule has 1 fully saturated rings. The van der Waals surface area contributed by atoms with Crippen LogP contribution in [0.1, 0.15) is 29.3 Å². The van der Waals surface area contributed by atoms with Crippen LogP contribution in [0.15, 0.2) is 18.2 Å². The Morgan fingerprint density at radius 2 is 2.10 bits per heavy atom. The second kappa shape index (κ2) is 4.61. The molecule has 2 aromatic rings. The van der Waals surface area contributed by atoms with Crippen molar-refractivity contribution in [3.63, 3.8) is 0 Å². The summed E-state index contributed by atoms with van der Waals surface area (Å²) in [5.41, 5.74) is 5.94. The van der Waals surface area contributed by atoms with Gasteiger partial charge in [0.2, 0.25) is 0 Å². The highest BCUT2D eigenvalue weighted by Gasteiger charge is 2.23. The van der Waals surface area contributed by atoms with Crippen LogP contribution in [0.25, 0.3) is 10.9 Å². The number of likely N-dealkylation sites (N-methyl/N-ethyl adjacent to an activating group) is 1. The SMILES string of the molecule is Cc1cc2cc(C3CNCCN3C)cc3c2n1CCC3. The van der Waals surface area contributed by atoms with Crippen molar-refractivity contribution in [3.8, 4) is 0 Å². The smallest absolute Gasteiger partial charge is 0.0515 e. The van der Waals surface area contributed by atoms with Gasteiger partial charge >= 0.3 is 0 Å². The Labute approximate surface area is 120 Å². The number of piperazine rings is 1. The summed E-state index contributed by atoms with van der Waals surface area (Å²) in [5.74, 6) is 0. The van der Waals surface area contributed by atoms with Crippen LogP contribution in [0, 0.1) is 6.92 Å². The van der Waals surface area contributed by atoms with E-state index in [0.29, 0.717) is 6.04 Å². The van der Waals surface area contributed by atoms with Crippen LogP contribution in [0.5, 0.6) is 0 Å². The Balaban J connectivity index is 1.86. The van der Waals surface area contributed by atoms with Gasteiger partial charge in [-0.15, -0.1) is 0 Å². The Morgan fingerprint density at radius 1 is 1.20 bits per heavy atom. The normalized spacial score (nSPS) is 23.4. The van der Waals surface area contributed by atoms with Gasteiger partial charge in [-0.2, -0.15) is 0 Å². The average Bonchev–Trinajstić information content (AvgIpc) is 2.78. The lowest BCUT2D eigenvalue weighted by molar-refractivity contribution is 0.202. The van der Waals surface area contributed by atoms with Crippen molar-refractivity contribution in [2.24, 2.45) is 0 Å². The maximum absolute atomic E-state index is 3.53. The minimum Gasteiger partial charge on any atom is -0.345 e. The molecule has 1 saturated heterocycles. The molecule has 1 aromatic carbocycles. The predicted molar refractivity (Wildman–Crippen MR) is 83.2 cm³/mol. The highest BCUT2D eigenvalue weighted by molar-refractivity contribution is 5.86. The molecule has 0 amide bonds. The molecular weight excluding hydrogens is 246 g/mol. The van der Waals surface area contributed by atoms with Crippen molar-refractivity contribution in [1.29, 1.82) is 0 Å². The fraction of sp³-hybridized carbons (Fsp3) is 0.529. The third-order valence-electron chi connectivity index (χ3n) is 5.02. The maximum Gasteiger partial charge on any atom is 0.0515 e. The summed E-state index contributed by atoms with van der Waals surface area (Å²) in [5, 5.41) is 4.97. The molecule has 106 valence electrons. The number of aryl methyl sites for hydroxylation is 3. The molecule has 3 heterocycles. The van der Waals surface area contributed by atoms with Gasteiger partial charge in [0.15, 0.2) is 0 Å². The van der Waals surface area contributed by atoms with Crippen molar-refractivity contribution >= 4 is 10.9 Å². The molecule has 2 aliphatic rings. The van der Waals surface area contributed by atoms with E-state index in [4.69, 9.17) is 0 Å². The standard InChI is InChI=1S/C17H23N3/c1-12-8-15-10-14(16-11-18-5-7-19(16)2)9-13-4-3-6-20(12)17(13)15/h8-10,16,18H,3-7,11H2,1-2H3. The van der Waals surface area contributed by atoms with Gasteiger partial charge in [-0.3, -0.25) is 4.90 Å². The van der Waals surface area contributed by atoms with Crippen LogP contribution >= 0.6 is 0 Å². The van der Waals surface area contributed by atoms with Crippen LogP contribution in [-0.4, -0.2) is 36.1 Å². The quantitative estimate of drug-likeness (QED) is 0.858. The van der Waals surface area contributed by atoms with Gasteiger partial charge in [-0.1, -0.05) is 6.07 Å². The lowest BCUT2D eigenvalue weighted by Crippen LogP contribution is -2.43. The molecule has 3 nitrogen and oxygen atoms in total. The number of nitrogens with zero attached hydrogens (tertiary/aromatic N) is 2. The Kier molecular flexibility index (Phi) is 2.86. The van der Waals surface area contributed by atoms with E-state index in [1.54, 1.807) is 5.56 Å². The van der Waals surface area contributed by atoms with E-state index in [-0.39, 0.29) is 0 Å². The largest absolute Gasteiger partial charge is 0.345 e. The molecule has 0 saturated carbocycles. The van der Waals surface area contributed by atoms with E-state index in [9.17, 15) is 0 Å². The van der Waals surface area contributed by atoms with Crippen molar-refractivity contribution in [1.82, 2.24) is 14.8 Å². The summed E-state index contributed by atoms with van der Waals surface area (Å²) < 4.78 is 2.50. The lowest BCUT2D eigenvalue weighted by atomic mass is 9.95. The number of hydrogen-bond donors (Lipinski definition) is 1. The van der Waals surface area contributed by atoms with Crippen LogP contribution in [0.4, 0.5) is 0 Å². The van der Waals surface area contributed by atoms with Crippen LogP contribution in [0.3, 0.4) is 0 Å². The molecule has 1 unspecified atom stereocenters. The molecule has 0 bridgehead atoms. The molecule has 0 spiro atoms. The first-order chi connectivity index (χ1) is 9.74. The molecule has 1 aromatic heterocycles. The van der Waals surface area contributed by atoms with Gasteiger partial charge in [-0.05, 0) is 50.1 Å². The molecule has 1 N–H and O–H groups in total. The molecule has 2 aliphatic heterocycles. The van der Waals surface area contributed by atoms with E-state index in [0.717, 1.165) is 19.6 Å². The summed E-state index contributed by atoms with van der Waals surface area (Å²) in [6.45, 7) is 6.74. The Hall–Kier alpha value is -1.32. The van der Waals surface area contributed by atoms with Gasteiger partial charge in [0, 0.05) is 43.3 Å². The molecule has 0 aliphatic carbocycles. The van der Waals surface area contributed by atoms with Crippen molar-refractivity contribution in [2.75, 3.05) is 26.7 Å². The third kappa shape index (κ3) is 1.80. The van der Waals surface area contributed by atoms with E-state index in [1.807, 2.05) is 0 Å². The average molecular weight is 269 g/mol. The Bertz CT molecular complexity index is 656. The highest BCUT2D eigenvalue weighted by Crippen LogP contribution is 2.33. The first-order valence-electron chi connectivity index (χ1n) is 7.77. The predicted octanol–water partition coefficient (Wildman–Crippen LogP) is 2.47. The minimum absolute atomic E-state index is 0.523. The number of aromatic nitrogens is 1. The van der Waals surface area contributed by atoms with E-state index in [1.165, 1.54) is 41.5 Å². The van der Waals surface area contributed by atoms with Gasteiger partial charge in [0.1, 0.15) is 0 Å². The van der Waals surface area contributed by atoms with Crippen LogP contribution in [-0.2, 0) is 13.0 Å². The minimum atomic E-state index is 0.523. The zero-order valence-electron chi connectivity index (χ0n) is 12.4. The number of rotatable bonds is 1.